The minimum Gasteiger partial charge on any atom is -0.434 e. The lowest BCUT2D eigenvalue weighted by molar-refractivity contribution is 0.461. The van der Waals surface area contributed by atoms with Crippen LogP contribution in [0.5, 0.6) is 0 Å². The molecule has 2 aromatic heterocycles. The van der Waals surface area contributed by atoms with Crippen molar-refractivity contribution >= 4 is 5.95 Å². The highest BCUT2D eigenvalue weighted by atomic mass is 16.4. The van der Waals surface area contributed by atoms with Gasteiger partial charge in [0.25, 0.3) is 0 Å². The average molecular weight is 320 g/mol. The van der Waals surface area contributed by atoms with Crippen LogP contribution in [0, 0.1) is 0 Å². The maximum atomic E-state index is 5.87. The van der Waals surface area contributed by atoms with Crippen molar-refractivity contribution in [3.05, 3.63) is 48.8 Å². The Morgan fingerprint density at radius 2 is 1.79 bits per heavy atom. The van der Waals surface area contributed by atoms with Crippen molar-refractivity contribution < 1.29 is 4.42 Å². The third kappa shape index (κ3) is 3.30. The molecular weight excluding hydrogens is 300 g/mol. The second-order valence-corrected chi connectivity index (χ2v) is 6.14. The summed E-state index contributed by atoms with van der Waals surface area (Å²) in [7, 11) is 0. The fourth-order valence-electron chi connectivity index (χ4n) is 3.10. The Labute approximate surface area is 141 Å². The Kier molecular flexibility index (Phi) is 4.23. The fourth-order valence-corrected chi connectivity index (χ4v) is 3.10. The molecule has 1 aromatic carbocycles. The number of hydrogen-bond acceptors (Lipinski definition) is 5. The molecule has 1 aliphatic carbocycles. The van der Waals surface area contributed by atoms with E-state index in [2.05, 4.69) is 20.3 Å². The summed E-state index contributed by atoms with van der Waals surface area (Å²) >= 11 is 0. The number of rotatable bonds is 4. The molecule has 3 aromatic rings. The molecule has 122 valence electrons. The number of oxazole rings is 1. The molecule has 4 rings (SSSR count). The van der Waals surface area contributed by atoms with Crippen LogP contribution >= 0.6 is 0 Å². The van der Waals surface area contributed by atoms with Crippen LogP contribution in [0.25, 0.3) is 22.9 Å². The first-order valence-electron chi connectivity index (χ1n) is 8.50. The lowest BCUT2D eigenvalue weighted by atomic mass is 9.96. The Bertz CT molecular complexity index is 794. The average Bonchev–Trinajstić information content (AvgIpc) is 3.14. The van der Waals surface area contributed by atoms with Gasteiger partial charge >= 0.3 is 0 Å². The van der Waals surface area contributed by atoms with Crippen molar-refractivity contribution in [3.8, 4) is 22.9 Å². The van der Waals surface area contributed by atoms with Crippen LogP contribution in [0.4, 0.5) is 5.95 Å². The second-order valence-electron chi connectivity index (χ2n) is 6.14. The van der Waals surface area contributed by atoms with Crippen molar-refractivity contribution in [2.45, 2.75) is 38.1 Å². The zero-order valence-corrected chi connectivity index (χ0v) is 13.5. The van der Waals surface area contributed by atoms with Crippen molar-refractivity contribution in [3.63, 3.8) is 0 Å². The van der Waals surface area contributed by atoms with E-state index in [1.54, 1.807) is 12.4 Å². The molecule has 1 fully saturated rings. The van der Waals surface area contributed by atoms with Gasteiger partial charge < -0.3 is 9.73 Å². The third-order valence-electron chi connectivity index (χ3n) is 4.37. The molecule has 0 bridgehead atoms. The summed E-state index contributed by atoms with van der Waals surface area (Å²) < 4.78 is 5.87. The van der Waals surface area contributed by atoms with Crippen LogP contribution in [-0.4, -0.2) is 21.0 Å². The highest BCUT2D eigenvalue weighted by Gasteiger charge is 2.15. The Hall–Kier alpha value is -2.69. The maximum absolute atomic E-state index is 5.87. The molecule has 0 aliphatic heterocycles. The minimum absolute atomic E-state index is 0.476. The van der Waals surface area contributed by atoms with E-state index in [4.69, 9.17) is 4.42 Å². The Morgan fingerprint density at radius 1 is 0.958 bits per heavy atom. The molecule has 0 radical (unpaired) electrons. The smallest absolute Gasteiger partial charge is 0.226 e. The third-order valence-corrected chi connectivity index (χ3v) is 4.37. The van der Waals surface area contributed by atoms with Gasteiger partial charge in [0.2, 0.25) is 11.8 Å². The number of nitrogens with zero attached hydrogens (tertiary/aromatic N) is 3. The summed E-state index contributed by atoms with van der Waals surface area (Å²) in [5.74, 6) is 1.92. The van der Waals surface area contributed by atoms with E-state index in [0.717, 1.165) is 11.3 Å². The number of nitrogens with one attached hydrogen (secondary N) is 1. The second kappa shape index (κ2) is 6.83. The van der Waals surface area contributed by atoms with Gasteiger partial charge in [-0.3, -0.25) is 0 Å². The molecule has 0 amide bonds. The van der Waals surface area contributed by atoms with Crippen LogP contribution in [0.1, 0.15) is 32.1 Å². The monoisotopic (exact) mass is 320 g/mol. The molecule has 2 heterocycles. The minimum atomic E-state index is 0.476. The molecule has 24 heavy (non-hydrogen) atoms. The molecule has 1 saturated carbocycles. The number of anilines is 1. The number of hydrogen-bond donors (Lipinski definition) is 1. The zero-order valence-electron chi connectivity index (χ0n) is 13.5. The van der Waals surface area contributed by atoms with Crippen LogP contribution in [0.3, 0.4) is 0 Å². The highest BCUT2D eigenvalue weighted by Crippen LogP contribution is 2.25. The summed E-state index contributed by atoms with van der Waals surface area (Å²) in [6.07, 6.45) is 9.74. The van der Waals surface area contributed by atoms with E-state index < -0.39 is 0 Å². The molecule has 1 aliphatic rings. The van der Waals surface area contributed by atoms with Gasteiger partial charge in [-0.05, 0) is 31.0 Å². The number of aromatic nitrogens is 3. The normalized spacial score (nSPS) is 15.3. The first kappa shape index (κ1) is 14.9. The summed E-state index contributed by atoms with van der Waals surface area (Å²) in [6.45, 7) is 0. The molecule has 1 N–H and O–H groups in total. The van der Waals surface area contributed by atoms with Crippen LogP contribution < -0.4 is 5.32 Å². The largest absolute Gasteiger partial charge is 0.434 e. The van der Waals surface area contributed by atoms with Gasteiger partial charge in [0.15, 0.2) is 5.76 Å². The Morgan fingerprint density at radius 3 is 2.62 bits per heavy atom. The van der Waals surface area contributed by atoms with E-state index in [9.17, 15) is 0 Å². The fraction of sp³-hybridized carbons (Fsp3) is 0.316. The van der Waals surface area contributed by atoms with Crippen LogP contribution in [-0.2, 0) is 0 Å². The lowest BCUT2D eigenvalue weighted by Gasteiger charge is -2.22. The van der Waals surface area contributed by atoms with E-state index >= 15 is 0 Å². The molecule has 0 spiro atoms. The Balaban J connectivity index is 1.54. The quantitative estimate of drug-likeness (QED) is 0.764. The van der Waals surface area contributed by atoms with E-state index in [1.807, 2.05) is 36.4 Å². The van der Waals surface area contributed by atoms with E-state index in [0.29, 0.717) is 23.6 Å². The van der Waals surface area contributed by atoms with Gasteiger partial charge in [-0.1, -0.05) is 37.5 Å². The van der Waals surface area contributed by atoms with Gasteiger partial charge in [0.1, 0.15) is 5.69 Å². The van der Waals surface area contributed by atoms with Crippen molar-refractivity contribution in [1.82, 2.24) is 15.0 Å². The highest BCUT2D eigenvalue weighted by molar-refractivity contribution is 5.58. The molecule has 5 nitrogen and oxygen atoms in total. The predicted molar refractivity (Wildman–Crippen MR) is 93.5 cm³/mol. The van der Waals surface area contributed by atoms with Gasteiger partial charge in [-0.15, -0.1) is 0 Å². The van der Waals surface area contributed by atoms with Crippen molar-refractivity contribution in [2.24, 2.45) is 0 Å². The molecular formula is C19H20N4O. The maximum Gasteiger partial charge on any atom is 0.226 e. The molecule has 0 unspecified atom stereocenters. The van der Waals surface area contributed by atoms with Crippen molar-refractivity contribution in [2.75, 3.05) is 5.32 Å². The summed E-state index contributed by atoms with van der Waals surface area (Å²) in [6, 6.07) is 12.2. The van der Waals surface area contributed by atoms with E-state index in [-0.39, 0.29) is 0 Å². The molecule has 0 atom stereocenters. The summed E-state index contributed by atoms with van der Waals surface area (Å²) in [5.41, 5.74) is 1.70. The lowest BCUT2D eigenvalue weighted by Crippen LogP contribution is -2.23. The topological polar surface area (TPSA) is 63.8 Å². The molecule has 5 heteroatoms. The van der Waals surface area contributed by atoms with Gasteiger partial charge in [-0.25, -0.2) is 15.0 Å². The first-order valence-corrected chi connectivity index (χ1v) is 8.50. The van der Waals surface area contributed by atoms with E-state index in [1.165, 1.54) is 32.1 Å². The first-order chi connectivity index (χ1) is 11.9. The zero-order chi connectivity index (χ0) is 16.2. The predicted octanol–water partition coefficient (Wildman–Crippen LogP) is 4.54. The SMILES string of the molecule is c1ccc(-c2ncc(-c3ccnc(NC4CCCCC4)n3)o2)cc1. The van der Waals surface area contributed by atoms with Crippen LogP contribution in [0.15, 0.2) is 53.2 Å². The standard InChI is InChI=1S/C19H20N4O/c1-3-7-14(8-4-1)18-21-13-17(24-18)16-11-12-20-19(23-16)22-15-9-5-2-6-10-15/h1,3-4,7-8,11-13,15H,2,5-6,9-10H2,(H,20,22,23). The number of benzene rings is 1. The molecule has 0 saturated heterocycles. The van der Waals surface area contributed by atoms with Gasteiger partial charge in [-0.2, -0.15) is 0 Å². The van der Waals surface area contributed by atoms with Crippen LogP contribution in [0.2, 0.25) is 0 Å². The van der Waals surface area contributed by atoms with Gasteiger partial charge in [0, 0.05) is 17.8 Å². The van der Waals surface area contributed by atoms with Gasteiger partial charge in [0.05, 0.1) is 6.20 Å². The summed E-state index contributed by atoms with van der Waals surface area (Å²) in [5, 5.41) is 3.45. The van der Waals surface area contributed by atoms with Crippen molar-refractivity contribution in [1.29, 1.82) is 0 Å². The summed E-state index contributed by atoms with van der Waals surface area (Å²) in [4.78, 5) is 13.3.